The summed E-state index contributed by atoms with van der Waals surface area (Å²) in [4.78, 5) is 21.9. The van der Waals surface area contributed by atoms with Crippen LogP contribution < -0.4 is 16.0 Å². The van der Waals surface area contributed by atoms with Crippen molar-refractivity contribution >= 4 is 33.8 Å². The second-order valence-corrected chi connectivity index (χ2v) is 12.1. The Balaban J connectivity index is 1.29. The van der Waals surface area contributed by atoms with Gasteiger partial charge in [-0.05, 0) is 54.5 Å². The number of carbonyl (C=O) groups is 1. The Morgan fingerprint density at radius 3 is 2.84 bits per heavy atom. The zero-order chi connectivity index (χ0) is 31.3. The first-order valence-electron chi connectivity index (χ1n) is 15.8. The van der Waals surface area contributed by atoms with Crippen LogP contribution in [0.3, 0.4) is 0 Å². The Morgan fingerprint density at radius 2 is 2.02 bits per heavy atom. The molecule has 0 spiro atoms. The minimum absolute atomic E-state index is 0.0905. The smallest absolute Gasteiger partial charge is 0.163 e. The molecule has 0 amide bonds. The molecule has 0 radical (unpaired) electrons. The van der Waals surface area contributed by atoms with Gasteiger partial charge in [0.25, 0.3) is 0 Å². The maximum atomic E-state index is 12.2. The standard InChI is InChI=1S/C36H41N7O2/c1-4-7-28(44)17-24-10-11-30-25(16-24)13-15-38-35(30)29-9-6-5-8-26(29)19-40-34-18-33(39-20-27-12-14-37-22-32(27)45)42-36-31(23(2)3)21-41-43(34)36/h4-11,13,15-16,18,21,23,27,32,37,40,45H,12,14,17,19-20,22H2,1-3H3,(H,39,42)/b7-4+/t27-,32+/m1/s1. The fourth-order valence-corrected chi connectivity index (χ4v) is 6.06. The maximum absolute atomic E-state index is 12.2. The number of β-amino-alcohol motifs (C(OH)–C–C–N with tert-alkyl or cyclic N) is 1. The van der Waals surface area contributed by atoms with Gasteiger partial charge in [-0.3, -0.25) is 9.78 Å². The van der Waals surface area contributed by atoms with Crippen molar-refractivity contribution in [2.24, 2.45) is 5.92 Å². The number of carbonyl (C=O) groups excluding carboxylic acids is 1. The molecule has 9 nitrogen and oxygen atoms in total. The zero-order valence-corrected chi connectivity index (χ0v) is 26.1. The number of hydrogen-bond donors (Lipinski definition) is 4. The number of allylic oxidation sites excluding steroid dienone is 2. The van der Waals surface area contributed by atoms with Gasteiger partial charge in [0.1, 0.15) is 11.6 Å². The summed E-state index contributed by atoms with van der Waals surface area (Å²) in [6.45, 7) is 8.88. The van der Waals surface area contributed by atoms with Crippen LogP contribution in [0, 0.1) is 5.92 Å². The second kappa shape index (κ2) is 13.6. The number of aliphatic hydroxyl groups excluding tert-OH is 1. The summed E-state index contributed by atoms with van der Waals surface area (Å²) in [7, 11) is 0. The van der Waals surface area contributed by atoms with Crippen LogP contribution in [0.5, 0.6) is 0 Å². The van der Waals surface area contributed by atoms with Gasteiger partial charge in [0.05, 0.1) is 18.0 Å². The van der Waals surface area contributed by atoms with Crippen LogP contribution in [0.2, 0.25) is 0 Å². The number of anilines is 2. The van der Waals surface area contributed by atoms with E-state index >= 15 is 0 Å². The summed E-state index contributed by atoms with van der Waals surface area (Å²) in [5, 5.41) is 27.6. The highest BCUT2D eigenvalue weighted by atomic mass is 16.3. The van der Waals surface area contributed by atoms with Crippen molar-refractivity contribution in [2.45, 2.75) is 52.2 Å². The van der Waals surface area contributed by atoms with Crippen molar-refractivity contribution in [3.8, 4) is 11.3 Å². The molecule has 2 aromatic carbocycles. The van der Waals surface area contributed by atoms with Crippen LogP contribution in [0.15, 0.2) is 79.1 Å². The molecule has 1 aliphatic rings. The van der Waals surface area contributed by atoms with E-state index < -0.39 is 0 Å². The molecule has 4 N–H and O–H groups in total. The van der Waals surface area contributed by atoms with Gasteiger partial charge in [-0.2, -0.15) is 9.61 Å². The van der Waals surface area contributed by atoms with Crippen LogP contribution in [-0.4, -0.2) is 56.2 Å². The third-order valence-corrected chi connectivity index (χ3v) is 8.55. The van der Waals surface area contributed by atoms with Gasteiger partial charge in [0, 0.05) is 60.7 Å². The van der Waals surface area contributed by atoms with E-state index in [9.17, 15) is 9.90 Å². The molecular formula is C36H41N7O2. The fraction of sp³-hybridized carbons (Fsp3) is 0.333. The number of hydrogen-bond acceptors (Lipinski definition) is 8. The molecule has 0 saturated carbocycles. The van der Waals surface area contributed by atoms with Crippen molar-refractivity contribution < 1.29 is 9.90 Å². The third-order valence-electron chi connectivity index (χ3n) is 8.55. The number of aliphatic hydroxyl groups is 1. The van der Waals surface area contributed by atoms with Gasteiger partial charge in [-0.15, -0.1) is 0 Å². The SMILES string of the molecule is C/C=C/C(=O)Cc1ccc2c(-c3ccccc3CNc3cc(NC[C@H]4CCNC[C@@H]4O)nc4c(C(C)C)cnn34)nccc2c1. The Bertz CT molecular complexity index is 1840. The Labute approximate surface area is 263 Å². The van der Waals surface area contributed by atoms with E-state index in [0.717, 1.165) is 69.0 Å². The van der Waals surface area contributed by atoms with Crippen molar-refractivity contribution in [3.05, 3.63) is 95.8 Å². The first kappa shape index (κ1) is 30.4. The molecule has 4 heterocycles. The molecule has 0 unspecified atom stereocenters. The lowest BCUT2D eigenvalue weighted by molar-refractivity contribution is -0.114. The molecule has 1 aliphatic heterocycles. The molecule has 1 saturated heterocycles. The molecule has 6 rings (SSSR count). The lowest BCUT2D eigenvalue weighted by atomic mass is 9.95. The molecule has 1 fully saturated rings. The van der Waals surface area contributed by atoms with Gasteiger partial charge in [-0.25, -0.2) is 4.98 Å². The zero-order valence-electron chi connectivity index (χ0n) is 26.1. The quantitative estimate of drug-likeness (QED) is 0.141. The Hall–Kier alpha value is -4.60. The molecular weight excluding hydrogens is 562 g/mol. The van der Waals surface area contributed by atoms with Crippen molar-refractivity contribution in [3.63, 3.8) is 0 Å². The molecule has 45 heavy (non-hydrogen) atoms. The summed E-state index contributed by atoms with van der Waals surface area (Å²) in [6.07, 6.45) is 8.04. The van der Waals surface area contributed by atoms with Crippen LogP contribution in [-0.2, 0) is 17.8 Å². The molecule has 3 aromatic heterocycles. The van der Waals surface area contributed by atoms with E-state index in [1.807, 2.05) is 54.2 Å². The topological polar surface area (TPSA) is 116 Å². The molecule has 0 bridgehead atoms. The average Bonchev–Trinajstić information content (AvgIpc) is 3.48. The highest BCUT2D eigenvalue weighted by Gasteiger charge is 2.23. The van der Waals surface area contributed by atoms with E-state index in [1.165, 1.54) is 0 Å². The Morgan fingerprint density at radius 1 is 1.16 bits per heavy atom. The minimum Gasteiger partial charge on any atom is -0.391 e. The molecule has 9 heteroatoms. The van der Waals surface area contributed by atoms with Gasteiger partial charge in [0.15, 0.2) is 11.4 Å². The van der Waals surface area contributed by atoms with Crippen LogP contribution in [0.1, 0.15) is 49.8 Å². The lowest BCUT2D eigenvalue weighted by Crippen LogP contribution is -2.43. The van der Waals surface area contributed by atoms with Crippen molar-refractivity contribution in [1.82, 2.24) is 24.9 Å². The number of nitrogens with zero attached hydrogens (tertiary/aromatic N) is 4. The number of benzene rings is 2. The van der Waals surface area contributed by atoms with Gasteiger partial charge < -0.3 is 21.1 Å². The van der Waals surface area contributed by atoms with E-state index in [1.54, 1.807) is 12.2 Å². The maximum Gasteiger partial charge on any atom is 0.163 e. The summed E-state index contributed by atoms with van der Waals surface area (Å²) in [6, 6.07) is 18.5. The predicted molar refractivity (Wildman–Crippen MR) is 181 cm³/mol. The normalized spacial score (nSPS) is 17.0. The highest BCUT2D eigenvalue weighted by Crippen LogP contribution is 2.31. The number of rotatable bonds is 11. The van der Waals surface area contributed by atoms with Crippen LogP contribution >= 0.6 is 0 Å². The Kier molecular flexibility index (Phi) is 9.18. The molecule has 232 valence electrons. The van der Waals surface area contributed by atoms with Gasteiger partial charge >= 0.3 is 0 Å². The first-order chi connectivity index (χ1) is 21.9. The average molecular weight is 604 g/mol. The van der Waals surface area contributed by atoms with E-state index in [-0.39, 0.29) is 23.7 Å². The number of fused-ring (bicyclic) bond motifs is 2. The van der Waals surface area contributed by atoms with Crippen molar-refractivity contribution in [1.29, 1.82) is 0 Å². The van der Waals surface area contributed by atoms with E-state index in [0.29, 0.717) is 26.1 Å². The third kappa shape index (κ3) is 6.74. The molecule has 0 aliphatic carbocycles. The van der Waals surface area contributed by atoms with Crippen LogP contribution in [0.25, 0.3) is 27.7 Å². The van der Waals surface area contributed by atoms with Crippen molar-refractivity contribution in [2.75, 3.05) is 30.3 Å². The summed E-state index contributed by atoms with van der Waals surface area (Å²) >= 11 is 0. The number of ketones is 1. The first-order valence-corrected chi connectivity index (χ1v) is 15.8. The van der Waals surface area contributed by atoms with Crippen LogP contribution in [0.4, 0.5) is 11.6 Å². The summed E-state index contributed by atoms with van der Waals surface area (Å²) in [5.41, 5.74) is 5.92. The van der Waals surface area contributed by atoms with E-state index in [2.05, 4.69) is 54.1 Å². The van der Waals surface area contributed by atoms with Gasteiger partial charge in [-0.1, -0.05) is 62.4 Å². The monoisotopic (exact) mass is 603 g/mol. The molecule has 2 atom stereocenters. The summed E-state index contributed by atoms with van der Waals surface area (Å²) < 4.78 is 1.87. The number of nitrogens with one attached hydrogen (secondary N) is 3. The summed E-state index contributed by atoms with van der Waals surface area (Å²) in [5.74, 6) is 2.11. The molecule has 5 aromatic rings. The predicted octanol–water partition coefficient (Wildman–Crippen LogP) is 5.75. The number of pyridine rings is 1. The lowest BCUT2D eigenvalue weighted by Gasteiger charge is -2.28. The van der Waals surface area contributed by atoms with Gasteiger partial charge in [0.2, 0.25) is 0 Å². The largest absolute Gasteiger partial charge is 0.391 e. The fourth-order valence-electron chi connectivity index (χ4n) is 6.06. The second-order valence-electron chi connectivity index (χ2n) is 12.1. The number of piperidine rings is 1. The highest BCUT2D eigenvalue weighted by molar-refractivity contribution is 5.97. The van der Waals surface area contributed by atoms with E-state index in [4.69, 9.17) is 15.1 Å². The minimum atomic E-state index is -0.375. The number of aromatic nitrogens is 4.